The molecule has 0 heterocycles. The lowest BCUT2D eigenvalue weighted by atomic mass is 10.0. The molecule has 0 aromatic rings. The van der Waals surface area contributed by atoms with Crippen molar-refractivity contribution >= 4 is 11.9 Å². The summed E-state index contributed by atoms with van der Waals surface area (Å²) in [7, 11) is 0. The van der Waals surface area contributed by atoms with Gasteiger partial charge in [-0.3, -0.25) is 9.59 Å². The quantitative estimate of drug-likeness (QED) is 0.0374. The van der Waals surface area contributed by atoms with Gasteiger partial charge < -0.3 is 14.6 Å². The number of hydrogen-bond acceptors (Lipinski definition) is 5. The smallest absolute Gasteiger partial charge is 0.306 e. The van der Waals surface area contributed by atoms with Crippen LogP contribution in [0.5, 0.6) is 0 Å². The van der Waals surface area contributed by atoms with E-state index in [4.69, 9.17) is 9.47 Å². The fraction of sp³-hybridized carbons (Fsp3) is 0.729. The van der Waals surface area contributed by atoms with E-state index in [0.717, 1.165) is 77.0 Å². The highest BCUT2D eigenvalue weighted by Crippen LogP contribution is 2.15. The van der Waals surface area contributed by atoms with Crippen molar-refractivity contribution in [3.8, 4) is 0 Å². The molecule has 1 atom stereocenters. The first-order valence-corrected chi connectivity index (χ1v) is 27.1. The minimum atomic E-state index is -0.780. The number of carbonyl (C=O) groups is 2. The molecule has 0 saturated heterocycles. The van der Waals surface area contributed by atoms with Crippen molar-refractivity contribution in [2.45, 2.75) is 264 Å². The average Bonchev–Trinajstić information content (AvgIpc) is 3.30. The Labute approximate surface area is 396 Å². The molecule has 0 aliphatic carbocycles. The van der Waals surface area contributed by atoms with E-state index >= 15 is 0 Å². The van der Waals surface area contributed by atoms with Gasteiger partial charge >= 0.3 is 11.9 Å². The Bertz CT molecular complexity index is 1190. The number of aliphatic hydroxyl groups excluding tert-OH is 1. The molecule has 1 unspecified atom stereocenters. The molecule has 368 valence electrons. The summed E-state index contributed by atoms with van der Waals surface area (Å²) in [5, 5.41) is 9.65. The Kier molecular flexibility index (Phi) is 51.9. The predicted octanol–water partition coefficient (Wildman–Crippen LogP) is 18.2. The fourth-order valence-electron chi connectivity index (χ4n) is 7.61. The summed E-state index contributed by atoms with van der Waals surface area (Å²) < 4.78 is 10.7. The van der Waals surface area contributed by atoms with Crippen molar-refractivity contribution in [1.82, 2.24) is 0 Å². The molecule has 0 bridgehead atoms. The van der Waals surface area contributed by atoms with Gasteiger partial charge in [0.05, 0.1) is 6.61 Å². The van der Waals surface area contributed by atoms with E-state index in [1.54, 1.807) is 0 Å². The molecule has 0 aromatic carbocycles. The number of aliphatic hydroxyl groups is 1. The summed E-state index contributed by atoms with van der Waals surface area (Å²) in [5.41, 5.74) is 0. The molecule has 0 saturated carbocycles. The molecule has 0 radical (unpaired) electrons. The van der Waals surface area contributed by atoms with E-state index in [1.807, 2.05) is 0 Å². The SMILES string of the molecule is CC/C=C\C/C=C\C/C=C\C/C=C\CCCCCCCCCCCCCCCCC(=O)OC(CO)COC(=O)CCCCCCCCCC/C=C\C/C=C\C/C=C\CCCCCCC. The minimum absolute atomic E-state index is 0.0723. The summed E-state index contributed by atoms with van der Waals surface area (Å²) in [4.78, 5) is 24.5. The van der Waals surface area contributed by atoms with Crippen LogP contribution < -0.4 is 0 Å². The van der Waals surface area contributed by atoms with Crippen LogP contribution in [0.15, 0.2) is 85.1 Å². The molecule has 64 heavy (non-hydrogen) atoms. The first kappa shape index (κ1) is 61.1. The number of hydrogen-bond donors (Lipinski definition) is 1. The number of esters is 2. The van der Waals surface area contributed by atoms with E-state index in [0.29, 0.717) is 12.8 Å². The second-order valence-corrected chi connectivity index (χ2v) is 17.9. The van der Waals surface area contributed by atoms with Crippen LogP contribution in [0, 0.1) is 0 Å². The zero-order valence-corrected chi connectivity index (χ0v) is 42.0. The molecule has 0 aliphatic rings. The number of allylic oxidation sites excluding steroid dienone is 14. The van der Waals surface area contributed by atoms with E-state index < -0.39 is 6.10 Å². The Balaban J connectivity index is 3.52. The van der Waals surface area contributed by atoms with Crippen molar-refractivity contribution in [1.29, 1.82) is 0 Å². The third-order valence-electron chi connectivity index (χ3n) is 11.7. The largest absolute Gasteiger partial charge is 0.462 e. The van der Waals surface area contributed by atoms with Crippen LogP contribution in [-0.2, 0) is 19.1 Å². The predicted molar refractivity (Wildman–Crippen MR) is 279 cm³/mol. The van der Waals surface area contributed by atoms with Gasteiger partial charge in [-0.05, 0) is 89.9 Å². The Hall–Kier alpha value is -2.92. The first-order chi connectivity index (χ1) is 31.6. The number of unbranched alkanes of at least 4 members (excludes halogenated alkanes) is 27. The Morgan fingerprint density at radius 2 is 0.672 bits per heavy atom. The third-order valence-corrected chi connectivity index (χ3v) is 11.7. The normalized spacial score (nSPS) is 12.9. The molecule has 5 nitrogen and oxygen atoms in total. The van der Waals surface area contributed by atoms with Crippen molar-refractivity contribution < 1.29 is 24.2 Å². The van der Waals surface area contributed by atoms with E-state index in [2.05, 4.69) is 98.9 Å². The topological polar surface area (TPSA) is 72.8 Å². The minimum Gasteiger partial charge on any atom is -0.462 e. The molecule has 1 N–H and O–H groups in total. The first-order valence-electron chi connectivity index (χ1n) is 27.1. The van der Waals surface area contributed by atoms with Crippen LogP contribution in [0.2, 0.25) is 0 Å². The van der Waals surface area contributed by atoms with Gasteiger partial charge in [-0.15, -0.1) is 0 Å². The second kappa shape index (κ2) is 54.4. The zero-order chi connectivity index (χ0) is 46.3. The lowest BCUT2D eigenvalue weighted by Gasteiger charge is -2.15. The van der Waals surface area contributed by atoms with Crippen LogP contribution in [-0.4, -0.2) is 36.4 Å². The van der Waals surface area contributed by atoms with Crippen LogP contribution >= 0.6 is 0 Å². The van der Waals surface area contributed by atoms with Crippen LogP contribution in [0.25, 0.3) is 0 Å². The van der Waals surface area contributed by atoms with Crippen molar-refractivity contribution in [3.63, 3.8) is 0 Å². The van der Waals surface area contributed by atoms with Crippen LogP contribution in [0.3, 0.4) is 0 Å². The second-order valence-electron chi connectivity index (χ2n) is 17.9. The maximum Gasteiger partial charge on any atom is 0.306 e. The summed E-state index contributed by atoms with van der Waals surface area (Å²) in [6.45, 7) is 4.03. The van der Waals surface area contributed by atoms with Gasteiger partial charge in [0, 0.05) is 12.8 Å². The average molecular weight is 891 g/mol. The summed E-state index contributed by atoms with van der Waals surface area (Å²) in [5.74, 6) is -0.596. The number of carbonyl (C=O) groups excluding carboxylic acids is 2. The van der Waals surface area contributed by atoms with Gasteiger partial charge in [-0.25, -0.2) is 0 Å². The molecule has 0 amide bonds. The third kappa shape index (κ3) is 51.7. The molecule has 0 spiro atoms. The lowest BCUT2D eigenvalue weighted by molar-refractivity contribution is -0.161. The Morgan fingerprint density at radius 1 is 0.375 bits per heavy atom. The lowest BCUT2D eigenvalue weighted by Crippen LogP contribution is -2.28. The van der Waals surface area contributed by atoms with E-state index in [9.17, 15) is 14.7 Å². The van der Waals surface area contributed by atoms with Gasteiger partial charge in [-0.1, -0.05) is 240 Å². The highest BCUT2D eigenvalue weighted by atomic mass is 16.6. The Morgan fingerprint density at radius 3 is 1.02 bits per heavy atom. The van der Waals surface area contributed by atoms with E-state index in [1.165, 1.54) is 154 Å². The molecule has 0 fully saturated rings. The number of rotatable bonds is 49. The van der Waals surface area contributed by atoms with E-state index in [-0.39, 0.29) is 25.2 Å². The summed E-state index contributed by atoms with van der Waals surface area (Å²) in [6, 6.07) is 0. The maximum atomic E-state index is 12.3. The molecular weight excluding hydrogens is 789 g/mol. The molecule has 0 aliphatic heterocycles. The van der Waals surface area contributed by atoms with Crippen LogP contribution in [0.1, 0.15) is 258 Å². The molecular formula is C59H102O5. The molecule has 0 rings (SSSR count). The number of ether oxygens (including phenoxy) is 2. The summed E-state index contributed by atoms with van der Waals surface area (Å²) in [6.07, 6.45) is 75.4. The van der Waals surface area contributed by atoms with Gasteiger partial charge in [0.1, 0.15) is 6.61 Å². The highest BCUT2D eigenvalue weighted by molar-refractivity contribution is 5.70. The van der Waals surface area contributed by atoms with Gasteiger partial charge in [0.25, 0.3) is 0 Å². The van der Waals surface area contributed by atoms with Gasteiger partial charge in [0.15, 0.2) is 6.10 Å². The van der Waals surface area contributed by atoms with Gasteiger partial charge in [0.2, 0.25) is 0 Å². The summed E-state index contributed by atoms with van der Waals surface area (Å²) >= 11 is 0. The van der Waals surface area contributed by atoms with Crippen molar-refractivity contribution in [3.05, 3.63) is 85.1 Å². The standard InChI is InChI=1S/C59H102O5/c1-3-5-7-9-11-13-15-17-19-21-23-25-27-28-29-30-32-34-36-38-40-42-44-46-48-50-52-54-59(62)64-57(55-60)56-63-58(61)53-51-49-47-45-43-41-39-37-35-33-31-26-24-22-20-18-16-14-12-10-8-6-4-2/h5,7,11,13,16-19,22-25,31,33,57,60H,3-4,6,8-10,12,14-15,20-21,26-30,32,34-56H2,1-2H3/b7-5-,13-11-,18-16-,19-17-,24-22-,25-23-,33-31-. The van der Waals surface area contributed by atoms with Crippen molar-refractivity contribution in [2.75, 3.05) is 13.2 Å². The highest BCUT2D eigenvalue weighted by Gasteiger charge is 2.16. The van der Waals surface area contributed by atoms with Crippen LogP contribution in [0.4, 0.5) is 0 Å². The zero-order valence-electron chi connectivity index (χ0n) is 42.0. The van der Waals surface area contributed by atoms with Gasteiger partial charge in [-0.2, -0.15) is 0 Å². The maximum absolute atomic E-state index is 12.3. The fourth-order valence-corrected chi connectivity index (χ4v) is 7.61. The van der Waals surface area contributed by atoms with Crippen molar-refractivity contribution in [2.24, 2.45) is 0 Å². The molecule has 5 heteroatoms. The monoisotopic (exact) mass is 891 g/mol. The molecule has 0 aromatic heterocycles.